The minimum absolute atomic E-state index is 0.314. The number of hydrogen-bond acceptors (Lipinski definition) is 4. The molecule has 18 heavy (non-hydrogen) atoms. The van der Waals surface area contributed by atoms with Gasteiger partial charge >= 0.3 is 7.12 Å². The lowest BCUT2D eigenvalue weighted by molar-refractivity contribution is 0.00578. The highest BCUT2D eigenvalue weighted by Crippen LogP contribution is 2.37. The molecule has 5 heteroatoms. The van der Waals surface area contributed by atoms with Gasteiger partial charge in [-0.05, 0) is 40.2 Å². The summed E-state index contributed by atoms with van der Waals surface area (Å²) >= 11 is 1.56. The maximum Gasteiger partial charge on any atom is 0.505 e. The van der Waals surface area contributed by atoms with E-state index in [9.17, 15) is 5.11 Å². The summed E-state index contributed by atoms with van der Waals surface area (Å²) in [5.74, 6) is 0. The summed E-state index contributed by atoms with van der Waals surface area (Å²) in [7, 11) is -0.321. The predicted molar refractivity (Wildman–Crippen MR) is 75.3 cm³/mol. The minimum atomic E-state index is -0.383. The molecule has 0 amide bonds. The van der Waals surface area contributed by atoms with Crippen LogP contribution in [-0.4, -0.2) is 23.4 Å². The first-order valence-electron chi connectivity index (χ1n) is 6.40. The molecule has 0 aliphatic carbocycles. The average molecular weight is 268 g/mol. The van der Waals surface area contributed by atoms with E-state index in [4.69, 9.17) is 9.31 Å². The van der Waals surface area contributed by atoms with Crippen LogP contribution in [0.1, 0.15) is 52.0 Å². The van der Waals surface area contributed by atoms with E-state index in [0.29, 0.717) is 0 Å². The van der Waals surface area contributed by atoms with E-state index >= 15 is 0 Å². The number of rotatable bonds is 3. The molecule has 0 aromatic carbocycles. The standard InChI is InChI=1S/C13H21BO3S/c1-6-9(15)10-7-8-11(18-10)14-16-12(2,3)13(4,5)17-14/h7-9,15H,6H2,1-5H3. The lowest BCUT2D eigenvalue weighted by atomic mass is 9.88. The molecule has 1 N–H and O–H groups in total. The first-order valence-corrected chi connectivity index (χ1v) is 7.22. The third-order valence-electron chi connectivity index (χ3n) is 3.85. The topological polar surface area (TPSA) is 38.7 Å². The molecule has 3 nitrogen and oxygen atoms in total. The lowest BCUT2D eigenvalue weighted by Gasteiger charge is -2.32. The second kappa shape index (κ2) is 4.64. The summed E-state index contributed by atoms with van der Waals surface area (Å²) in [5.41, 5.74) is -0.629. The van der Waals surface area contributed by atoms with Gasteiger partial charge in [0.1, 0.15) is 0 Å². The summed E-state index contributed by atoms with van der Waals surface area (Å²) < 4.78 is 13.0. The largest absolute Gasteiger partial charge is 0.505 e. The average Bonchev–Trinajstić information content (AvgIpc) is 2.82. The normalized spacial score (nSPS) is 23.3. The Balaban J connectivity index is 2.17. The zero-order valence-electron chi connectivity index (χ0n) is 11.7. The molecule has 1 atom stereocenters. The van der Waals surface area contributed by atoms with E-state index < -0.39 is 0 Å². The van der Waals surface area contributed by atoms with Gasteiger partial charge in [-0.2, -0.15) is 0 Å². The summed E-state index contributed by atoms with van der Waals surface area (Å²) in [6.07, 6.45) is 0.342. The molecule has 2 rings (SSSR count). The number of aliphatic hydroxyl groups is 1. The van der Waals surface area contributed by atoms with Crippen LogP contribution >= 0.6 is 11.3 Å². The highest BCUT2D eigenvalue weighted by Gasteiger charge is 2.52. The second-order valence-corrected chi connectivity index (χ2v) is 6.90. The fourth-order valence-electron chi connectivity index (χ4n) is 1.83. The maximum atomic E-state index is 9.82. The van der Waals surface area contributed by atoms with Crippen molar-refractivity contribution in [2.24, 2.45) is 0 Å². The molecular weight excluding hydrogens is 247 g/mol. The maximum absolute atomic E-state index is 9.82. The van der Waals surface area contributed by atoms with Crippen LogP contribution in [0.2, 0.25) is 0 Å². The molecule has 1 aromatic rings. The molecule has 1 unspecified atom stereocenters. The van der Waals surface area contributed by atoms with Gasteiger partial charge in [0.15, 0.2) is 0 Å². The van der Waals surface area contributed by atoms with Gasteiger partial charge in [0.05, 0.1) is 17.3 Å². The second-order valence-electron chi connectivity index (χ2n) is 5.75. The Morgan fingerprint density at radius 3 is 2.28 bits per heavy atom. The molecule has 0 saturated carbocycles. The summed E-state index contributed by atoms with van der Waals surface area (Å²) in [6.45, 7) is 10.1. The molecular formula is C13H21BO3S. The van der Waals surface area contributed by atoms with Crippen LogP contribution < -0.4 is 4.78 Å². The number of aliphatic hydroxyl groups excluding tert-OH is 1. The van der Waals surface area contributed by atoms with Crippen LogP contribution in [0.4, 0.5) is 0 Å². The zero-order valence-corrected chi connectivity index (χ0v) is 12.5. The Morgan fingerprint density at radius 1 is 1.22 bits per heavy atom. The van der Waals surface area contributed by atoms with Gasteiger partial charge in [-0.25, -0.2) is 0 Å². The Bertz CT molecular complexity index is 412. The fraction of sp³-hybridized carbons (Fsp3) is 0.692. The Kier molecular flexibility index (Phi) is 3.62. The van der Waals surface area contributed by atoms with E-state index in [-0.39, 0.29) is 24.4 Å². The Hall–Kier alpha value is -0.355. The van der Waals surface area contributed by atoms with Crippen molar-refractivity contribution in [1.29, 1.82) is 0 Å². The number of hydrogen-bond donors (Lipinski definition) is 1. The highest BCUT2D eigenvalue weighted by atomic mass is 32.1. The van der Waals surface area contributed by atoms with Gasteiger partial charge in [-0.1, -0.05) is 13.0 Å². The molecule has 0 radical (unpaired) electrons. The van der Waals surface area contributed by atoms with E-state index in [0.717, 1.165) is 16.1 Å². The van der Waals surface area contributed by atoms with Crippen LogP contribution in [0.25, 0.3) is 0 Å². The van der Waals surface area contributed by atoms with Crippen molar-refractivity contribution in [1.82, 2.24) is 0 Å². The van der Waals surface area contributed by atoms with E-state index in [1.54, 1.807) is 11.3 Å². The SMILES string of the molecule is CCC(O)c1ccc(B2OC(C)(C)C(C)(C)O2)s1. The monoisotopic (exact) mass is 268 g/mol. The van der Waals surface area contributed by atoms with Crippen molar-refractivity contribution in [3.05, 3.63) is 17.0 Å². The Morgan fingerprint density at radius 2 is 1.78 bits per heavy atom. The van der Waals surface area contributed by atoms with Crippen molar-refractivity contribution in [2.45, 2.75) is 58.3 Å². The molecule has 0 bridgehead atoms. The molecule has 1 aliphatic heterocycles. The van der Waals surface area contributed by atoms with Crippen molar-refractivity contribution in [3.63, 3.8) is 0 Å². The van der Waals surface area contributed by atoms with Crippen LogP contribution in [0, 0.1) is 0 Å². The van der Waals surface area contributed by atoms with Crippen molar-refractivity contribution >= 4 is 23.2 Å². The van der Waals surface area contributed by atoms with E-state index in [2.05, 4.69) is 0 Å². The van der Waals surface area contributed by atoms with Gasteiger partial charge in [0, 0.05) is 9.65 Å². The quantitative estimate of drug-likeness (QED) is 0.856. The predicted octanol–water partition coefficient (Wildman–Crippen LogP) is 2.49. The molecule has 1 saturated heterocycles. The van der Waals surface area contributed by atoms with Crippen LogP contribution in [-0.2, 0) is 9.31 Å². The first kappa shape index (κ1) is 14.1. The van der Waals surface area contributed by atoms with Gasteiger partial charge in [0.2, 0.25) is 0 Å². The van der Waals surface area contributed by atoms with E-state index in [1.165, 1.54) is 0 Å². The summed E-state index contributed by atoms with van der Waals surface area (Å²) in [6, 6.07) is 3.94. The molecule has 0 spiro atoms. The van der Waals surface area contributed by atoms with Crippen LogP contribution in [0.15, 0.2) is 12.1 Å². The third kappa shape index (κ3) is 2.37. The fourth-order valence-corrected chi connectivity index (χ4v) is 2.87. The van der Waals surface area contributed by atoms with Crippen LogP contribution in [0.5, 0.6) is 0 Å². The lowest BCUT2D eigenvalue weighted by Crippen LogP contribution is -2.41. The third-order valence-corrected chi connectivity index (χ3v) is 5.06. The molecule has 100 valence electrons. The molecule has 1 fully saturated rings. The molecule has 2 heterocycles. The molecule has 1 aliphatic rings. The summed E-state index contributed by atoms with van der Waals surface area (Å²) in [5, 5.41) is 9.82. The van der Waals surface area contributed by atoms with Gasteiger partial charge in [-0.3, -0.25) is 0 Å². The molecule has 1 aromatic heterocycles. The van der Waals surface area contributed by atoms with Gasteiger partial charge < -0.3 is 14.4 Å². The van der Waals surface area contributed by atoms with Crippen molar-refractivity contribution in [2.75, 3.05) is 0 Å². The number of thiophene rings is 1. The smallest absolute Gasteiger partial charge is 0.399 e. The highest BCUT2D eigenvalue weighted by molar-refractivity contribution is 7.22. The van der Waals surface area contributed by atoms with Gasteiger partial charge in [-0.15, -0.1) is 11.3 Å². The van der Waals surface area contributed by atoms with Gasteiger partial charge in [0.25, 0.3) is 0 Å². The summed E-state index contributed by atoms with van der Waals surface area (Å²) in [4.78, 5) is 0.974. The minimum Gasteiger partial charge on any atom is -0.399 e. The van der Waals surface area contributed by atoms with Crippen LogP contribution in [0.3, 0.4) is 0 Å². The first-order chi connectivity index (χ1) is 8.27. The zero-order chi connectivity index (χ0) is 13.6. The van der Waals surface area contributed by atoms with Crippen molar-refractivity contribution in [3.8, 4) is 0 Å². The van der Waals surface area contributed by atoms with Crippen molar-refractivity contribution < 1.29 is 14.4 Å². The Labute approximate surface area is 113 Å². The van der Waals surface area contributed by atoms with E-state index in [1.807, 2.05) is 46.8 Å².